The summed E-state index contributed by atoms with van der Waals surface area (Å²) in [4.78, 5) is 0. The molecule has 0 aliphatic heterocycles. The largest absolute Gasteiger partial charge is 0.492 e. The van der Waals surface area contributed by atoms with Crippen LogP contribution in [0.2, 0.25) is 0 Å². The fourth-order valence-electron chi connectivity index (χ4n) is 2.14. The first kappa shape index (κ1) is 14.4. The van der Waals surface area contributed by atoms with Crippen LogP contribution >= 0.6 is 0 Å². The van der Waals surface area contributed by atoms with Gasteiger partial charge in [-0.25, -0.2) is 0 Å². The van der Waals surface area contributed by atoms with Crippen molar-refractivity contribution in [2.24, 2.45) is 0 Å². The summed E-state index contributed by atoms with van der Waals surface area (Å²) in [6.07, 6.45) is 3.65. The van der Waals surface area contributed by atoms with Crippen LogP contribution < -0.4 is 10.1 Å². The molecule has 0 bridgehead atoms. The molecule has 2 rings (SSSR count). The minimum atomic E-state index is 0.675. The molecule has 0 spiro atoms. The van der Waals surface area contributed by atoms with Crippen molar-refractivity contribution >= 4 is 11.4 Å². The summed E-state index contributed by atoms with van der Waals surface area (Å²) in [7, 11) is 0. The Labute approximate surface area is 121 Å². The Bertz CT molecular complexity index is 519. The maximum atomic E-state index is 5.62. The first-order chi connectivity index (χ1) is 9.83. The van der Waals surface area contributed by atoms with Gasteiger partial charge in [0.25, 0.3) is 0 Å². The fourth-order valence-corrected chi connectivity index (χ4v) is 2.14. The third-order valence-electron chi connectivity index (χ3n) is 3.24. The molecular formula is C18H23NO. The van der Waals surface area contributed by atoms with Gasteiger partial charge in [-0.15, -0.1) is 0 Å². The standard InChI is InChI=1S/C18H23NO/c1-3-5-8-15-11-13-16(14-12-15)19-17-9-6-7-10-18(17)20-4-2/h6-7,9-14,19H,3-5,8H2,1-2H3. The lowest BCUT2D eigenvalue weighted by molar-refractivity contribution is 0.342. The van der Waals surface area contributed by atoms with Crippen molar-refractivity contribution in [1.82, 2.24) is 0 Å². The van der Waals surface area contributed by atoms with Crippen LogP contribution in [0.4, 0.5) is 11.4 Å². The monoisotopic (exact) mass is 269 g/mol. The Morgan fingerprint density at radius 1 is 0.950 bits per heavy atom. The number of benzene rings is 2. The molecule has 0 aliphatic carbocycles. The number of ether oxygens (including phenoxy) is 1. The van der Waals surface area contributed by atoms with E-state index in [0.29, 0.717) is 6.61 Å². The summed E-state index contributed by atoms with van der Waals surface area (Å²) in [5.74, 6) is 0.894. The Morgan fingerprint density at radius 3 is 2.40 bits per heavy atom. The lowest BCUT2D eigenvalue weighted by Gasteiger charge is -2.12. The second-order valence-electron chi connectivity index (χ2n) is 4.85. The minimum absolute atomic E-state index is 0.675. The topological polar surface area (TPSA) is 21.3 Å². The maximum Gasteiger partial charge on any atom is 0.142 e. The van der Waals surface area contributed by atoms with E-state index >= 15 is 0 Å². The molecule has 0 aromatic heterocycles. The zero-order valence-electron chi connectivity index (χ0n) is 12.4. The number of aryl methyl sites for hydroxylation is 1. The van der Waals surface area contributed by atoms with Crippen LogP contribution in [0.25, 0.3) is 0 Å². The molecule has 2 nitrogen and oxygen atoms in total. The SMILES string of the molecule is CCCCc1ccc(Nc2ccccc2OCC)cc1. The van der Waals surface area contributed by atoms with E-state index in [-0.39, 0.29) is 0 Å². The lowest BCUT2D eigenvalue weighted by Crippen LogP contribution is -1.97. The molecule has 0 amide bonds. The Kier molecular flexibility index (Phi) is 5.48. The summed E-state index contributed by atoms with van der Waals surface area (Å²) in [6.45, 7) is 4.90. The van der Waals surface area contributed by atoms with Crippen LogP contribution in [0, 0.1) is 0 Å². The predicted octanol–water partition coefficient (Wildman–Crippen LogP) is 5.17. The third-order valence-corrected chi connectivity index (χ3v) is 3.24. The van der Waals surface area contributed by atoms with E-state index in [4.69, 9.17) is 4.74 Å². The number of unbranched alkanes of at least 4 members (excludes halogenated alkanes) is 1. The first-order valence-corrected chi connectivity index (χ1v) is 7.41. The summed E-state index contributed by atoms with van der Waals surface area (Å²) >= 11 is 0. The minimum Gasteiger partial charge on any atom is -0.492 e. The molecule has 0 heterocycles. The van der Waals surface area contributed by atoms with Crippen LogP contribution in [0.15, 0.2) is 48.5 Å². The zero-order valence-corrected chi connectivity index (χ0v) is 12.4. The molecule has 0 atom stereocenters. The van der Waals surface area contributed by atoms with Gasteiger partial charge in [-0.2, -0.15) is 0 Å². The van der Waals surface area contributed by atoms with Gasteiger partial charge in [0.05, 0.1) is 12.3 Å². The molecular weight excluding hydrogens is 246 g/mol. The molecule has 0 saturated heterocycles. The number of anilines is 2. The van der Waals surface area contributed by atoms with Crippen LogP contribution in [0.1, 0.15) is 32.3 Å². The van der Waals surface area contributed by atoms with Gasteiger partial charge >= 0.3 is 0 Å². The molecule has 2 aromatic rings. The van der Waals surface area contributed by atoms with Crippen molar-refractivity contribution in [3.8, 4) is 5.75 Å². The second kappa shape index (κ2) is 7.59. The zero-order chi connectivity index (χ0) is 14.2. The number of para-hydroxylation sites is 2. The highest BCUT2D eigenvalue weighted by Gasteiger charge is 2.02. The van der Waals surface area contributed by atoms with Gasteiger partial charge < -0.3 is 10.1 Å². The van der Waals surface area contributed by atoms with Gasteiger partial charge in [0, 0.05) is 5.69 Å². The summed E-state index contributed by atoms with van der Waals surface area (Å²) in [5, 5.41) is 3.42. The van der Waals surface area contributed by atoms with Gasteiger partial charge in [-0.3, -0.25) is 0 Å². The van der Waals surface area contributed by atoms with E-state index in [0.717, 1.165) is 23.5 Å². The van der Waals surface area contributed by atoms with Crippen molar-refractivity contribution < 1.29 is 4.74 Å². The summed E-state index contributed by atoms with van der Waals surface area (Å²) < 4.78 is 5.62. The number of rotatable bonds is 7. The van der Waals surface area contributed by atoms with E-state index < -0.39 is 0 Å². The van der Waals surface area contributed by atoms with Crippen LogP contribution in [-0.2, 0) is 6.42 Å². The maximum absolute atomic E-state index is 5.62. The molecule has 0 fully saturated rings. The molecule has 1 N–H and O–H groups in total. The average Bonchev–Trinajstić information content (AvgIpc) is 2.49. The molecule has 20 heavy (non-hydrogen) atoms. The van der Waals surface area contributed by atoms with Crippen molar-refractivity contribution in [1.29, 1.82) is 0 Å². The molecule has 0 aliphatic rings. The van der Waals surface area contributed by atoms with Crippen molar-refractivity contribution in [3.63, 3.8) is 0 Å². The van der Waals surface area contributed by atoms with Crippen molar-refractivity contribution in [3.05, 3.63) is 54.1 Å². The third kappa shape index (κ3) is 4.02. The van der Waals surface area contributed by atoms with Crippen LogP contribution in [0.3, 0.4) is 0 Å². The lowest BCUT2D eigenvalue weighted by atomic mass is 10.1. The number of hydrogen-bond donors (Lipinski definition) is 1. The molecule has 0 radical (unpaired) electrons. The first-order valence-electron chi connectivity index (χ1n) is 7.41. The van der Waals surface area contributed by atoms with Crippen LogP contribution in [0.5, 0.6) is 5.75 Å². The predicted molar refractivity (Wildman–Crippen MR) is 85.9 cm³/mol. The highest BCUT2D eigenvalue weighted by molar-refractivity contribution is 5.66. The highest BCUT2D eigenvalue weighted by Crippen LogP contribution is 2.27. The van der Waals surface area contributed by atoms with E-state index in [1.54, 1.807) is 0 Å². The van der Waals surface area contributed by atoms with Gasteiger partial charge in [0.2, 0.25) is 0 Å². The quantitative estimate of drug-likeness (QED) is 0.748. The smallest absolute Gasteiger partial charge is 0.142 e. The number of nitrogens with one attached hydrogen (secondary N) is 1. The van der Waals surface area contributed by atoms with Crippen LogP contribution in [-0.4, -0.2) is 6.61 Å². The van der Waals surface area contributed by atoms with Gasteiger partial charge in [-0.05, 0) is 49.6 Å². The molecule has 0 unspecified atom stereocenters. The average molecular weight is 269 g/mol. The van der Waals surface area contributed by atoms with Crippen molar-refractivity contribution in [2.45, 2.75) is 33.1 Å². The second-order valence-corrected chi connectivity index (χ2v) is 4.85. The fraction of sp³-hybridized carbons (Fsp3) is 0.333. The normalized spacial score (nSPS) is 10.3. The van der Waals surface area contributed by atoms with E-state index in [1.807, 2.05) is 31.2 Å². The molecule has 106 valence electrons. The molecule has 0 saturated carbocycles. The van der Waals surface area contributed by atoms with E-state index in [9.17, 15) is 0 Å². The Balaban J connectivity index is 2.06. The Morgan fingerprint density at radius 2 is 1.70 bits per heavy atom. The highest BCUT2D eigenvalue weighted by atomic mass is 16.5. The van der Waals surface area contributed by atoms with E-state index in [2.05, 4.69) is 36.5 Å². The molecule has 2 aromatic carbocycles. The molecule has 2 heteroatoms. The van der Waals surface area contributed by atoms with E-state index in [1.165, 1.54) is 18.4 Å². The van der Waals surface area contributed by atoms with Gasteiger partial charge in [0.1, 0.15) is 5.75 Å². The Hall–Kier alpha value is -1.96. The summed E-state index contributed by atoms with van der Waals surface area (Å²) in [6, 6.07) is 16.7. The summed E-state index contributed by atoms with van der Waals surface area (Å²) in [5.41, 5.74) is 3.50. The number of hydrogen-bond acceptors (Lipinski definition) is 2. The van der Waals surface area contributed by atoms with Gasteiger partial charge in [0.15, 0.2) is 0 Å². The van der Waals surface area contributed by atoms with Crippen molar-refractivity contribution in [2.75, 3.05) is 11.9 Å². The van der Waals surface area contributed by atoms with Gasteiger partial charge in [-0.1, -0.05) is 37.6 Å².